The molecule has 0 atom stereocenters. The number of ketones is 1. The highest BCUT2D eigenvalue weighted by Crippen LogP contribution is 2.35. The number of ether oxygens (including phenoxy) is 1. The lowest BCUT2D eigenvalue weighted by molar-refractivity contribution is 0.0981. The van der Waals surface area contributed by atoms with Crippen LogP contribution in [0.3, 0.4) is 0 Å². The number of hydrogen-bond acceptors (Lipinski definition) is 7. The van der Waals surface area contributed by atoms with Gasteiger partial charge >= 0.3 is 0 Å². The molecule has 0 radical (unpaired) electrons. The average Bonchev–Trinajstić information content (AvgIpc) is 3.26. The molecule has 4 rings (SSSR count). The lowest BCUT2D eigenvalue weighted by Crippen LogP contribution is -2.36. The number of rotatable bonds is 6. The summed E-state index contributed by atoms with van der Waals surface area (Å²) in [5, 5.41) is 1.93. The van der Waals surface area contributed by atoms with Gasteiger partial charge in [0.2, 0.25) is 5.43 Å². The third kappa shape index (κ3) is 5.00. The molecule has 0 amide bonds. The third-order valence-electron chi connectivity index (χ3n) is 5.16. The average molecular weight is 455 g/mol. The molecule has 6 nitrogen and oxygen atoms in total. The van der Waals surface area contributed by atoms with Crippen molar-refractivity contribution in [3.05, 3.63) is 51.0 Å². The number of anilines is 1. The predicted octanol–water partition coefficient (Wildman–Crippen LogP) is 5.42. The van der Waals surface area contributed by atoms with E-state index in [1.54, 1.807) is 19.3 Å². The van der Waals surface area contributed by atoms with Crippen LogP contribution in [0.4, 0.5) is 5.88 Å². The van der Waals surface area contributed by atoms with Crippen LogP contribution in [0.1, 0.15) is 49.5 Å². The van der Waals surface area contributed by atoms with Crippen molar-refractivity contribution < 1.29 is 13.9 Å². The molecule has 0 bridgehead atoms. The maximum Gasteiger partial charge on any atom is 0.204 e. The summed E-state index contributed by atoms with van der Waals surface area (Å²) in [7, 11) is 1.69. The molecule has 0 unspecified atom stereocenters. The molecule has 0 N–H and O–H groups in total. The first-order valence-electron chi connectivity index (χ1n) is 11.1. The van der Waals surface area contributed by atoms with Gasteiger partial charge in [0.05, 0.1) is 13.2 Å². The van der Waals surface area contributed by atoms with Crippen molar-refractivity contribution in [1.82, 2.24) is 0 Å². The smallest absolute Gasteiger partial charge is 0.204 e. The van der Waals surface area contributed by atoms with E-state index in [4.69, 9.17) is 9.15 Å². The Kier molecular flexibility index (Phi) is 8.36. The molecule has 0 spiro atoms. The van der Waals surface area contributed by atoms with Crippen molar-refractivity contribution in [3.63, 3.8) is 0 Å². The fourth-order valence-electron chi connectivity index (χ4n) is 3.65. The van der Waals surface area contributed by atoms with Crippen molar-refractivity contribution in [2.24, 2.45) is 4.99 Å². The first kappa shape index (κ1) is 23.9. The van der Waals surface area contributed by atoms with Crippen LogP contribution in [0.5, 0.6) is 0 Å². The van der Waals surface area contributed by atoms with E-state index < -0.39 is 0 Å². The molecule has 1 aromatic carbocycles. The Morgan fingerprint density at radius 1 is 1.22 bits per heavy atom. The van der Waals surface area contributed by atoms with Crippen molar-refractivity contribution in [1.29, 1.82) is 0 Å². The van der Waals surface area contributed by atoms with Gasteiger partial charge in [-0.25, -0.2) is 0 Å². The quantitative estimate of drug-likeness (QED) is 0.368. The predicted molar refractivity (Wildman–Crippen MR) is 133 cm³/mol. The molecule has 1 aliphatic rings. The number of aliphatic imine (C=N–C) groups is 1. The Bertz CT molecular complexity index is 1160. The zero-order valence-electron chi connectivity index (χ0n) is 19.1. The topological polar surface area (TPSA) is 72.1 Å². The van der Waals surface area contributed by atoms with Gasteiger partial charge in [0, 0.05) is 60.9 Å². The molecule has 3 heterocycles. The number of hydrogen-bond donors (Lipinski definition) is 0. The monoisotopic (exact) mass is 454 g/mol. The van der Waals surface area contributed by atoms with Gasteiger partial charge in [-0.3, -0.25) is 14.6 Å². The van der Waals surface area contributed by atoms with E-state index in [1.165, 1.54) is 11.3 Å². The number of carbonyl (C=O) groups is 1. The first-order chi connectivity index (χ1) is 15.6. The highest BCUT2D eigenvalue weighted by Gasteiger charge is 2.20. The van der Waals surface area contributed by atoms with Crippen LogP contribution in [-0.2, 0) is 4.74 Å². The van der Waals surface area contributed by atoms with Crippen LogP contribution in [0, 0.1) is 0 Å². The molecule has 2 aromatic heterocycles. The second-order valence-corrected chi connectivity index (χ2v) is 8.10. The number of fused-ring (bicyclic) bond motifs is 1. The summed E-state index contributed by atoms with van der Waals surface area (Å²) in [6.45, 7) is 8.59. The summed E-state index contributed by atoms with van der Waals surface area (Å²) in [6.07, 6.45) is 2.97. The van der Waals surface area contributed by atoms with Gasteiger partial charge in [0.1, 0.15) is 4.70 Å². The lowest BCUT2D eigenvalue weighted by atomic mass is 9.96. The van der Waals surface area contributed by atoms with Gasteiger partial charge in [0.15, 0.2) is 17.3 Å². The molecule has 1 fully saturated rings. The molecule has 7 heteroatoms. The zero-order chi connectivity index (χ0) is 23.1. The van der Waals surface area contributed by atoms with Crippen molar-refractivity contribution in [3.8, 4) is 11.1 Å². The number of nitrogens with zero attached hydrogens (tertiary/aromatic N) is 2. The standard InChI is InChI=1S/C23H24N2O4S.C2H6/c1-3-4-19(26)17-11-15(5-6-16(17)13-24-2)18-14-30-23-20(27)12-21(29-22(18)23)25-7-9-28-10-8-25;1-2/h5-6,11-14H,3-4,7-10H2,1-2H3;1-2H3. The molecule has 3 aromatic rings. The van der Waals surface area contributed by atoms with Crippen LogP contribution >= 0.6 is 11.3 Å². The molecular formula is C25H30N2O4S. The Hall–Kier alpha value is -2.77. The van der Waals surface area contributed by atoms with Crippen molar-refractivity contribution in [2.75, 3.05) is 38.3 Å². The molecular weight excluding hydrogens is 424 g/mol. The normalized spacial score (nSPS) is 13.9. The summed E-state index contributed by atoms with van der Waals surface area (Å²) in [6, 6.07) is 7.30. The SMILES string of the molecule is CC.CCCC(=O)c1cc(-c2csc3c(=O)cc(N4CCOCC4)oc23)ccc1C=NC. The summed E-state index contributed by atoms with van der Waals surface area (Å²) < 4.78 is 12.2. The Morgan fingerprint density at radius 2 is 1.97 bits per heavy atom. The fourth-order valence-corrected chi connectivity index (χ4v) is 4.56. The van der Waals surface area contributed by atoms with E-state index in [-0.39, 0.29) is 11.2 Å². The van der Waals surface area contributed by atoms with Gasteiger partial charge in [-0.1, -0.05) is 32.9 Å². The number of morpholine rings is 1. The van der Waals surface area contributed by atoms with E-state index >= 15 is 0 Å². The lowest BCUT2D eigenvalue weighted by Gasteiger charge is -2.27. The van der Waals surface area contributed by atoms with Crippen LogP contribution < -0.4 is 10.3 Å². The number of carbonyl (C=O) groups excluding carboxylic acids is 1. The van der Waals surface area contributed by atoms with Crippen LogP contribution in [0.25, 0.3) is 21.4 Å². The van der Waals surface area contributed by atoms with E-state index in [0.29, 0.717) is 54.5 Å². The zero-order valence-corrected chi connectivity index (χ0v) is 20.0. The van der Waals surface area contributed by atoms with E-state index in [0.717, 1.165) is 23.1 Å². The van der Waals surface area contributed by atoms with Gasteiger partial charge < -0.3 is 14.1 Å². The van der Waals surface area contributed by atoms with Gasteiger partial charge in [-0.2, -0.15) is 0 Å². The number of benzene rings is 1. The maximum atomic E-state index is 12.7. The molecule has 170 valence electrons. The van der Waals surface area contributed by atoms with Crippen molar-refractivity contribution >= 4 is 39.5 Å². The molecule has 32 heavy (non-hydrogen) atoms. The van der Waals surface area contributed by atoms with Crippen LogP contribution in [0.2, 0.25) is 0 Å². The second-order valence-electron chi connectivity index (χ2n) is 7.22. The molecule has 0 saturated carbocycles. The minimum Gasteiger partial charge on any atom is -0.439 e. The summed E-state index contributed by atoms with van der Waals surface area (Å²) in [5.74, 6) is 0.650. The Balaban J connectivity index is 0.00000141. The Labute approximate surface area is 192 Å². The largest absolute Gasteiger partial charge is 0.439 e. The van der Waals surface area contributed by atoms with Gasteiger partial charge in [0.25, 0.3) is 0 Å². The Morgan fingerprint density at radius 3 is 2.66 bits per heavy atom. The molecule has 1 saturated heterocycles. The molecule has 0 aliphatic carbocycles. The molecule has 1 aliphatic heterocycles. The van der Waals surface area contributed by atoms with Crippen LogP contribution in [-0.4, -0.2) is 45.3 Å². The third-order valence-corrected chi connectivity index (χ3v) is 6.14. The fraction of sp³-hybridized carbons (Fsp3) is 0.400. The second kappa shape index (κ2) is 11.2. The minimum atomic E-state index is -0.0500. The summed E-state index contributed by atoms with van der Waals surface area (Å²) in [5.41, 5.74) is 3.65. The highest BCUT2D eigenvalue weighted by atomic mass is 32.1. The summed E-state index contributed by atoms with van der Waals surface area (Å²) >= 11 is 1.37. The minimum absolute atomic E-state index is 0.0500. The van der Waals surface area contributed by atoms with Gasteiger partial charge in [-0.05, 0) is 18.1 Å². The van der Waals surface area contributed by atoms with E-state index in [2.05, 4.69) is 4.99 Å². The van der Waals surface area contributed by atoms with Crippen LogP contribution in [0.15, 0.2) is 43.8 Å². The maximum absolute atomic E-state index is 12.7. The van der Waals surface area contributed by atoms with Gasteiger partial charge in [-0.15, -0.1) is 11.3 Å². The van der Waals surface area contributed by atoms with E-state index in [1.807, 2.05) is 49.3 Å². The van der Waals surface area contributed by atoms with E-state index in [9.17, 15) is 9.59 Å². The van der Waals surface area contributed by atoms with Crippen molar-refractivity contribution in [2.45, 2.75) is 33.6 Å². The number of thiophene rings is 1. The first-order valence-corrected chi connectivity index (χ1v) is 12.0. The summed E-state index contributed by atoms with van der Waals surface area (Å²) in [4.78, 5) is 31.5. The number of Topliss-reactive ketones (excluding diaryl/α,β-unsaturated/α-hetero) is 1. The highest BCUT2D eigenvalue weighted by molar-refractivity contribution is 7.17.